The predicted octanol–water partition coefficient (Wildman–Crippen LogP) is 1.15. The zero-order valence-electron chi connectivity index (χ0n) is 9.70. The number of hydrogen-bond donors (Lipinski definition) is 1. The normalized spacial score (nSPS) is 10.9. The summed E-state index contributed by atoms with van der Waals surface area (Å²) in [6.07, 6.45) is 1.47. The van der Waals surface area contributed by atoms with E-state index in [4.69, 9.17) is 0 Å². The number of hydrogen-bond acceptors (Lipinski definition) is 3. The minimum absolute atomic E-state index is 0.317. The molecule has 6 nitrogen and oxygen atoms in total. The van der Waals surface area contributed by atoms with Crippen LogP contribution < -0.4 is 11.2 Å². The summed E-state index contributed by atoms with van der Waals surface area (Å²) in [7, 11) is 1.80. The van der Waals surface area contributed by atoms with Crippen LogP contribution in [-0.2, 0) is 13.6 Å². The van der Waals surface area contributed by atoms with E-state index in [-0.39, 0.29) is 0 Å². The zero-order chi connectivity index (χ0) is 13.4. The highest BCUT2D eigenvalue weighted by atomic mass is 79.9. The average molecular weight is 378 g/mol. The minimum Gasteiger partial charge on any atom is -0.293 e. The van der Waals surface area contributed by atoms with Gasteiger partial charge in [-0.15, -0.1) is 0 Å². The van der Waals surface area contributed by atoms with Crippen molar-refractivity contribution in [2.45, 2.75) is 13.5 Å². The molecule has 0 saturated carbocycles. The fourth-order valence-corrected chi connectivity index (χ4v) is 2.42. The molecule has 0 bridgehead atoms. The number of nitrogens with zero attached hydrogens (tertiary/aromatic N) is 3. The molecule has 0 unspecified atom stereocenters. The highest BCUT2D eigenvalue weighted by Crippen LogP contribution is 2.20. The van der Waals surface area contributed by atoms with Crippen LogP contribution in [0.15, 0.2) is 24.7 Å². The van der Waals surface area contributed by atoms with Crippen molar-refractivity contribution in [2.75, 3.05) is 0 Å². The minimum atomic E-state index is -0.450. The number of aromatic nitrogens is 4. The van der Waals surface area contributed by atoms with Crippen molar-refractivity contribution in [1.82, 2.24) is 19.3 Å². The highest BCUT2D eigenvalue weighted by Gasteiger charge is 2.12. The molecule has 2 rings (SSSR count). The van der Waals surface area contributed by atoms with Crippen LogP contribution in [0.2, 0.25) is 0 Å². The van der Waals surface area contributed by atoms with Crippen molar-refractivity contribution in [1.29, 1.82) is 0 Å². The first kappa shape index (κ1) is 13.3. The van der Waals surface area contributed by atoms with Crippen molar-refractivity contribution in [3.63, 3.8) is 0 Å². The van der Waals surface area contributed by atoms with E-state index in [1.807, 2.05) is 6.92 Å². The van der Waals surface area contributed by atoms with Gasteiger partial charge in [-0.2, -0.15) is 5.10 Å². The SMILES string of the molecule is Cc1nn(C)c(Cn2cc(Br)c(=O)[nH]c2=O)c1Br. The second kappa shape index (κ2) is 4.85. The van der Waals surface area contributed by atoms with Gasteiger partial charge in [0.15, 0.2) is 0 Å². The van der Waals surface area contributed by atoms with E-state index in [1.165, 1.54) is 10.8 Å². The third kappa shape index (κ3) is 2.35. The van der Waals surface area contributed by atoms with Crippen molar-refractivity contribution in [3.05, 3.63) is 47.4 Å². The lowest BCUT2D eigenvalue weighted by Gasteiger charge is -2.06. The van der Waals surface area contributed by atoms with Gasteiger partial charge < -0.3 is 0 Å². The second-order valence-corrected chi connectivity index (χ2v) is 5.48. The van der Waals surface area contributed by atoms with Gasteiger partial charge in [-0.25, -0.2) is 4.79 Å². The number of H-pyrrole nitrogens is 1. The van der Waals surface area contributed by atoms with Crippen LogP contribution in [-0.4, -0.2) is 19.3 Å². The van der Waals surface area contributed by atoms with Gasteiger partial charge in [0.25, 0.3) is 5.56 Å². The van der Waals surface area contributed by atoms with Gasteiger partial charge in [0.1, 0.15) is 0 Å². The lowest BCUT2D eigenvalue weighted by molar-refractivity contribution is 0.635. The summed E-state index contributed by atoms with van der Waals surface area (Å²) in [6.45, 7) is 2.20. The molecule has 0 aliphatic rings. The van der Waals surface area contributed by atoms with E-state index in [0.29, 0.717) is 11.0 Å². The van der Waals surface area contributed by atoms with E-state index < -0.39 is 11.2 Å². The molecule has 0 aliphatic heterocycles. The monoisotopic (exact) mass is 376 g/mol. The Hall–Kier alpha value is -1.15. The fraction of sp³-hybridized carbons (Fsp3) is 0.300. The molecule has 0 spiro atoms. The van der Waals surface area contributed by atoms with Crippen LogP contribution in [0.3, 0.4) is 0 Å². The molecule has 0 aliphatic carbocycles. The van der Waals surface area contributed by atoms with Crippen LogP contribution in [0.25, 0.3) is 0 Å². The number of aromatic amines is 1. The number of rotatable bonds is 2. The maximum absolute atomic E-state index is 11.7. The van der Waals surface area contributed by atoms with Crippen molar-refractivity contribution in [2.24, 2.45) is 7.05 Å². The molecule has 96 valence electrons. The molecule has 0 saturated heterocycles. The Morgan fingerprint density at radius 2 is 2.06 bits per heavy atom. The average Bonchev–Trinajstić information content (AvgIpc) is 2.52. The Morgan fingerprint density at radius 1 is 1.39 bits per heavy atom. The smallest absolute Gasteiger partial charge is 0.293 e. The molecule has 0 fully saturated rings. The van der Waals surface area contributed by atoms with Gasteiger partial charge in [0, 0.05) is 13.2 Å². The summed E-state index contributed by atoms with van der Waals surface area (Å²) in [5.74, 6) is 0. The van der Waals surface area contributed by atoms with E-state index in [0.717, 1.165) is 15.9 Å². The first-order valence-corrected chi connectivity index (χ1v) is 6.66. The van der Waals surface area contributed by atoms with Gasteiger partial charge in [0.2, 0.25) is 0 Å². The van der Waals surface area contributed by atoms with Gasteiger partial charge in [-0.3, -0.25) is 19.0 Å². The van der Waals surface area contributed by atoms with Crippen LogP contribution in [0, 0.1) is 6.92 Å². The summed E-state index contributed by atoms with van der Waals surface area (Å²) in [5, 5.41) is 4.25. The molecule has 0 amide bonds. The molecule has 0 radical (unpaired) electrons. The van der Waals surface area contributed by atoms with Crippen LogP contribution in [0.5, 0.6) is 0 Å². The maximum Gasteiger partial charge on any atom is 0.328 e. The summed E-state index contributed by atoms with van der Waals surface area (Å²) < 4.78 is 4.29. The highest BCUT2D eigenvalue weighted by molar-refractivity contribution is 9.10. The fourth-order valence-electron chi connectivity index (χ4n) is 1.61. The topological polar surface area (TPSA) is 72.7 Å². The maximum atomic E-state index is 11.7. The zero-order valence-corrected chi connectivity index (χ0v) is 12.9. The summed E-state index contributed by atoms with van der Waals surface area (Å²) in [6, 6.07) is 0. The molecule has 2 aromatic heterocycles. The third-order valence-corrected chi connectivity index (χ3v) is 4.15. The Kier molecular flexibility index (Phi) is 3.58. The quantitative estimate of drug-likeness (QED) is 0.853. The van der Waals surface area contributed by atoms with Crippen LogP contribution in [0.4, 0.5) is 0 Å². The lowest BCUT2D eigenvalue weighted by atomic mass is 10.3. The van der Waals surface area contributed by atoms with Crippen molar-refractivity contribution < 1.29 is 0 Å². The number of aryl methyl sites for hydroxylation is 2. The molecule has 2 aromatic rings. The first-order valence-electron chi connectivity index (χ1n) is 5.07. The van der Waals surface area contributed by atoms with Crippen LogP contribution >= 0.6 is 31.9 Å². The molecule has 0 aromatic carbocycles. The van der Waals surface area contributed by atoms with E-state index in [1.54, 1.807) is 11.7 Å². The molecule has 0 atom stereocenters. The third-order valence-electron chi connectivity index (χ3n) is 2.55. The van der Waals surface area contributed by atoms with Gasteiger partial charge in [-0.05, 0) is 38.8 Å². The molecular weight excluding hydrogens is 368 g/mol. The van der Waals surface area contributed by atoms with E-state index >= 15 is 0 Å². The Labute approximate surface area is 119 Å². The molecule has 18 heavy (non-hydrogen) atoms. The first-order chi connectivity index (χ1) is 8.40. The Bertz CT molecular complexity index is 714. The van der Waals surface area contributed by atoms with E-state index in [2.05, 4.69) is 41.9 Å². The summed E-state index contributed by atoms with van der Waals surface area (Å²) >= 11 is 6.53. The number of nitrogens with one attached hydrogen (secondary N) is 1. The van der Waals surface area contributed by atoms with Crippen LogP contribution in [0.1, 0.15) is 11.4 Å². The molecule has 2 heterocycles. The van der Waals surface area contributed by atoms with Gasteiger partial charge in [0.05, 0.1) is 26.9 Å². The van der Waals surface area contributed by atoms with Crippen molar-refractivity contribution in [3.8, 4) is 0 Å². The van der Waals surface area contributed by atoms with E-state index in [9.17, 15) is 9.59 Å². The van der Waals surface area contributed by atoms with Gasteiger partial charge >= 0.3 is 5.69 Å². The largest absolute Gasteiger partial charge is 0.328 e. The standard InChI is InChI=1S/C10H10Br2N4O2/c1-5-8(12)7(15(2)14-5)4-16-3-6(11)9(17)13-10(16)18/h3H,4H2,1-2H3,(H,13,17,18). The van der Waals surface area contributed by atoms with Crippen molar-refractivity contribution >= 4 is 31.9 Å². The summed E-state index contributed by atoms with van der Waals surface area (Å²) in [5.41, 5.74) is 0.822. The molecule has 8 heteroatoms. The second-order valence-electron chi connectivity index (χ2n) is 3.83. The molecular formula is C10H10Br2N4O2. The summed E-state index contributed by atoms with van der Waals surface area (Å²) in [4.78, 5) is 25.1. The predicted molar refractivity (Wildman–Crippen MR) is 73.8 cm³/mol. The Balaban J connectivity index is 2.50. The lowest BCUT2D eigenvalue weighted by Crippen LogP contribution is -2.30. The number of halogens is 2. The molecule has 1 N–H and O–H groups in total. The van der Waals surface area contributed by atoms with Gasteiger partial charge in [-0.1, -0.05) is 0 Å². The Morgan fingerprint density at radius 3 is 2.61 bits per heavy atom.